The van der Waals surface area contributed by atoms with Crippen LogP contribution in [0.3, 0.4) is 0 Å². The van der Waals surface area contributed by atoms with E-state index in [2.05, 4.69) is 10.3 Å². The van der Waals surface area contributed by atoms with Gasteiger partial charge in [0.25, 0.3) is 6.43 Å². The smallest absolute Gasteiger partial charge is 0.268 e. The van der Waals surface area contributed by atoms with Crippen molar-refractivity contribution in [2.24, 2.45) is 10.7 Å². The third-order valence-electron chi connectivity index (χ3n) is 2.86. The predicted octanol–water partition coefficient (Wildman–Crippen LogP) is 0.829. The van der Waals surface area contributed by atoms with Gasteiger partial charge in [-0.15, -0.1) is 0 Å². The lowest BCUT2D eigenvalue weighted by Crippen LogP contribution is -2.51. The Morgan fingerprint density at radius 2 is 2.06 bits per heavy atom. The molecular formula is C11H13F3N4. The fourth-order valence-corrected chi connectivity index (χ4v) is 1.99. The highest BCUT2D eigenvalue weighted by molar-refractivity contribution is 5.83. The predicted molar refractivity (Wildman–Crippen MR) is 63.0 cm³/mol. The maximum absolute atomic E-state index is 13.8. The average molecular weight is 258 g/mol. The van der Waals surface area contributed by atoms with Gasteiger partial charge in [0.05, 0.1) is 6.54 Å². The highest BCUT2D eigenvalue weighted by Crippen LogP contribution is 2.36. The second-order valence-electron chi connectivity index (χ2n) is 4.17. The first-order valence-electron chi connectivity index (χ1n) is 5.34. The quantitative estimate of drug-likeness (QED) is 0.688. The number of alkyl halides is 2. The molecule has 1 atom stereocenters. The first-order chi connectivity index (χ1) is 8.45. The molecule has 0 spiro atoms. The highest BCUT2D eigenvalue weighted by atomic mass is 19.3. The minimum atomic E-state index is -2.89. The molecule has 1 aliphatic heterocycles. The Balaban J connectivity index is 2.61. The number of halogens is 3. The molecular weight excluding hydrogens is 245 g/mol. The number of nitrogens with zero attached hydrogens (tertiary/aromatic N) is 1. The second-order valence-corrected chi connectivity index (χ2v) is 4.17. The van der Waals surface area contributed by atoms with Crippen LogP contribution in [0.2, 0.25) is 0 Å². The molecule has 2 rings (SSSR count). The Hall–Kier alpha value is -1.76. The van der Waals surface area contributed by atoms with Crippen LogP contribution in [-0.2, 0) is 5.54 Å². The number of nitrogens with one attached hydrogen (secondary N) is 1. The number of hydrogen-bond donors (Lipinski definition) is 3. The lowest BCUT2D eigenvalue weighted by molar-refractivity contribution is 0.0491. The number of amidine groups is 1. The van der Waals surface area contributed by atoms with Crippen molar-refractivity contribution in [3.63, 3.8) is 0 Å². The minimum absolute atomic E-state index is 0.0170. The van der Waals surface area contributed by atoms with Crippen LogP contribution in [0.25, 0.3) is 0 Å². The molecule has 0 saturated carbocycles. The van der Waals surface area contributed by atoms with Gasteiger partial charge in [-0.1, -0.05) is 0 Å². The van der Waals surface area contributed by atoms with Crippen LogP contribution in [0.1, 0.15) is 5.56 Å². The first kappa shape index (κ1) is 12.7. The third-order valence-corrected chi connectivity index (χ3v) is 2.86. The van der Waals surface area contributed by atoms with Gasteiger partial charge in [0.1, 0.15) is 11.7 Å². The van der Waals surface area contributed by atoms with Gasteiger partial charge >= 0.3 is 0 Å². The molecule has 0 unspecified atom stereocenters. The Kier molecular flexibility index (Phi) is 3.16. The first-order valence-corrected chi connectivity index (χ1v) is 5.34. The van der Waals surface area contributed by atoms with E-state index in [1.165, 1.54) is 12.1 Å². The molecule has 0 saturated heterocycles. The van der Waals surface area contributed by atoms with E-state index in [9.17, 15) is 13.2 Å². The lowest BCUT2D eigenvalue weighted by Gasteiger charge is -2.33. The molecule has 0 bridgehead atoms. The standard InChI is InChI=1S/C11H13F3N4/c12-8-2-1-6(15)3-7(8)11(10(13)14)5-17-4-9(16)18-11/h1-3,10,17H,4-5,15H2,(H2,16,18)/t11-/m0/s1. The molecule has 1 aromatic carbocycles. The molecule has 18 heavy (non-hydrogen) atoms. The van der Waals surface area contributed by atoms with Gasteiger partial charge in [0.15, 0.2) is 5.54 Å². The molecule has 0 fully saturated rings. The molecule has 0 amide bonds. The van der Waals surface area contributed by atoms with Crippen molar-refractivity contribution in [2.45, 2.75) is 12.0 Å². The number of hydrogen-bond acceptors (Lipinski definition) is 4. The van der Waals surface area contributed by atoms with E-state index in [0.29, 0.717) is 0 Å². The molecule has 1 heterocycles. The molecule has 7 heteroatoms. The summed E-state index contributed by atoms with van der Waals surface area (Å²) in [6.45, 7) is 0.0180. The Labute approximate surface area is 102 Å². The van der Waals surface area contributed by atoms with E-state index >= 15 is 0 Å². The van der Waals surface area contributed by atoms with E-state index in [-0.39, 0.29) is 30.2 Å². The Bertz CT molecular complexity index is 489. The van der Waals surface area contributed by atoms with Crippen LogP contribution < -0.4 is 16.8 Å². The van der Waals surface area contributed by atoms with E-state index < -0.39 is 17.8 Å². The van der Waals surface area contributed by atoms with Crippen molar-refractivity contribution in [2.75, 3.05) is 18.8 Å². The van der Waals surface area contributed by atoms with Crippen LogP contribution in [-0.4, -0.2) is 25.4 Å². The van der Waals surface area contributed by atoms with Gasteiger partial charge in [-0.25, -0.2) is 13.2 Å². The fraction of sp³-hybridized carbons (Fsp3) is 0.364. The summed E-state index contributed by atoms with van der Waals surface area (Å²) in [6.07, 6.45) is -2.89. The van der Waals surface area contributed by atoms with E-state index in [0.717, 1.165) is 6.07 Å². The van der Waals surface area contributed by atoms with E-state index in [1.54, 1.807) is 0 Å². The lowest BCUT2D eigenvalue weighted by atomic mass is 9.88. The zero-order chi connectivity index (χ0) is 13.3. The number of rotatable bonds is 2. The molecule has 1 aliphatic rings. The van der Waals surface area contributed by atoms with Crippen LogP contribution >= 0.6 is 0 Å². The molecule has 0 radical (unpaired) electrons. The van der Waals surface area contributed by atoms with Gasteiger partial charge < -0.3 is 16.8 Å². The number of nitrogen functional groups attached to an aromatic ring is 1. The topological polar surface area (TPSA) is 76.4 Å². The van der Waals surface area contributed by atoms with Gasteiger partial charge in [0.2, 0.25) is 0 Å². The average Bonchev–Trinajstić information content (AvgIpc) is 2.32. The summed E-state index contributed by atoms with van der Waals surface area (Å²) in [6, 6.07) is 3.53. The maximum Gasteiger partial charge on any atom is 0.268 e. The van der Waals surface area contributed by atoms with E-state index in [4.69, 9.17) is 11.5 Å². The number of benzene rings is 1. The van der Waals surface area contributed by atoms with Crippen molar-refractivity contribution < 1.29 is 13.2 Å². The zero-order valence-corrected chi connectivity index (χ0v) is 9.46. The summed E-state index contributed by atoms with van der Waals surface area (Å²) in [5.41, 5.74) is 8.93. The SMILES string of the molecule is NC1=N[C@@](c2cc(N)ccc2F)(C(F)F)CNC1. The minimum Gasteiger partial charge on any atom is -0.399 e. The van der Waals surface area contributed by atoms with Crippen molar-refractivity contribution in [1.29, 1.82) is 0 Å². The largest absolute Gasteiger partial charge is 0.399 e. The molecule has 5 N–H and O–H groups in total. The number of nitrogens with two attached hydrogens (primary N) is 2. The van der Waals surface area contributed by atoms with Gasteiger partial charge in [0, 0.05) is 17.8 Å². The summed E-state index contributed by atoms with van der Waals surface area (Å²) >= 11 is 0. The van der Waals surface area contributed by atoms with Crippen molar-refractivity contribution in [3.8, 4) is 0 Å². The molecule has 1 aromatic rings. The summed E-state index contributed by atoms with van der Waals surface area (Å²) in [5.74, 6) is -0.756. The zero-order valence-electron chi connectivity index (χ0n) is 9.46. The van der Waals surface area contributed by atoms with Crippen LogP contribution in [0, 0.1) is 5.82 Å². The van der Waals surface area contributed by atoms with Gasteiger partial charge in [-0.05, 0) is 18.2 Å². The Morgan fingerprint density at radius 3 is 2.67 bits per heavy atom. The summed E-state index contributed by atoms with van der Waals surface area (Å²) in [5, 5.41) is 2.71. The highest BCUT2D eigenvalue weighted by Gasteiger charge is 2.45. The van der Waals surface area contributed by atoms with Crippen molar-refractivity contribution in [1.82, 2.24) is 5.32 Å². The monoisotopic (exact) mass is 258 g/mol. The fourth-order valence-electron chi connectivity index (χ4n) is 1.99. The van der Waals surface area contributed by atoms with E-state index in [1.807, 2.05) is 0 Å². The van der Waals surface area contributed by atoms with Crippen molar-refractivity contribution >= 4 is 11.5 Å². The second kappa shape index (κ2) is 4.49. The third kappa shape index (κ3) is 2.01. The van der Waals surface area contributed by atoms with Crippen LogP contribution in [0.4, 0.5) is 18.9 Å². The molecule has 0 aliphatic carbocycles. The summed E-state index contributed by atoms with van der Waals surface area (Å²) in [7, 11) is 0. The number of anilines is 1. The molecule has 98 valence electrons. The van der Waals surface area contributed by atoms with Crippen LogP contribution in [0.15, 0.2) is 23.2 Å². The molecule has 0 aromatic heterocycles. The summed E-state index contributed by atoms with van der Waals surface area (Å²) < 4.78 is 40.4. The van der Waals surface area contributed by atoms with Gasteiger partial charge in [-0.2, -0.15) is 0 Å². The normalized spacial score (nSPS) is 24.1. The molecule has 4 nitrogen and oxygen atoms in total. The Morgan fingerprint density at radius 1 is 1.33 bits per heavy atom. The van der Waals surface area contributed by atoms with Crippen LogP contribution in [0.5, 0.6) is 0 Å². The number of aliphatic imine (C=N–C) groups is 1. The van der Waals surface area contributed by atoms with Gasteiger partial charge in [-0.3, -0.25) is 4.99 Å². The summed E-state index contributed by atoms with van der Waals surface area (Å²) in [4.78, 5) is 3.77. The maximum atomic E-state index is 13.8. The van der Waals surface area contributed by atoms with Crippen molar-refractivity contribution in [3.05, 3.63) is 29.6 Å².